The Kier molecular flexibility index (Phi) is 2.74. The highest BCUT2D eigenvalue weighted by Gasteiger charge is 2.28. The lowest BCUT2D eigenvalue weighted by Crippen LogP contribution is -2.18. The number of Topliss-reactive ketones (excluding diaryl/α,β-unsaturated/α-hetero) is 1. The fraction of sp³-hybridized carbons (Fsp3) is 0.500. The molecule has 0 saturated carbocycles. The number of ketones is 1. The van der Waals surface area contributed by atoms with Crippen molar-refractivity contribution in [3.8, 4) is 0 Å². The molecule has 0 fully saturated rings. The molecule has 1 aliphatic rings. The average Bonchev–Trinajstić information content (AvgIpc) is 2.60. The minimum absolute atomic E-state index is 0.0353. The minimum atomic E-state index is -0.691. The summed E-state index contributed by atoms with van der Waals surface area (Å²) in [6.45, 7) is 0.198. The summed E-state index contributed by atoms with van der Waals surface area (Å²) in [5.74, 6) is -0.776. The summed E-state index contributed by atoms with van der Waals surface area (Å²) in [5, 5.41) is 12.9. The fourth-order valence-electron chi connectivity index (χ4n) is 2.04. The van der Waals surface area contributed by atoms with Crippen molar-refractivity contribution in [2.24, 2.45) is 5.73 Å². The van der Waals surface area contributed by atoms with Gasteiger partial charge in [0.25, 0.3) is 5.91 Å². The molecule has 0 aliphatic heterocycles. The van der Waals surface area contributed by atoms with Crippen LogP contribution in [0.25, 0.3) is 0 Å². The maximum atomic E-state index is 11.7. The number of nitrogens with two attached hydrogens (primary N) is 1. The van der Waals surface area contributed by atoms with Crippen LogP contribution in [0.2, 0.25) is 0 Å². The monoisotopic (exact) mass is 223 g/mol. The molecule has 0 spiro atoms. The molecule has 2 rings (SSSR count). The Morgan fingerprint density at radius 2 is 2.25 bits per heavy atom. The van der Waals surface area contributed by atoms with Crippen LogP contribution in [-0.2, 0) is 13.0 Å². The van der Waals surface area contributed by atoms with E-state index in [1.807, 2.05) is 0 Å². The van der Waals surface area contributed by atoms with E-state index in [1.165, 1.54) is 4.68 Å². The number of amides is 1. The van der Waals surface area contributed by atoms with E-state index in [-0.39, 0.29) is 24.6 Å². The predicted molar refractivity (Wildman–Crippen MR) is 55.1 cm³/mol. The number of hydrogen-bond donors (Lipinski definition) is 2. The highest BCUT2D eigenvalue weighted by atomic mass is 16.3. The van der Waals surface area contributed by atoms with Gasteiger partial charge in [0.15, 0.2) is 11.5 Å². The number of fused-ring (bicyclic) bond motifs is 1. The lowest BCUT2D eigenvalue weighted by Gasteiger charge is -2.12. The van der Waals surface area contributed by atoms with Crippen molar-refractivity contribution in [1.82, 2.24) is 9.78 Å². The third kappa shape index (κ3) is 1.61. The molecule has 86 valence electrons. The number of hydrogen-bond acceptors (Lipinski definition) is 4. The summed E-state index contributed by atoms with van der Waals surface area (Å²) >= 11 is 0. The predicted octanol–water partition coefficient (Wildman–Crippen LogP) is -0.507. The number of carbonyl (C=O) groups is 2. The van der Waals surface area contributed by atoms with Crippen LogP contribution in [0.5, 0.6) is 0 Å². The second-order valence-corrected chi connectivity index (χ2v) is 3.76. The molecule has 6 heteroatoms. The first-order valence-corrected chi connectivity index (χ1v) is 5.18. The average molecular weight is 223 g/mol. The summed E-state index contributed by atoms with van der Waals surface area (Å²) in [6, 6.07) is 0. The van der Waals surface area contributed by atoms with Gasteiger partial charge in [0.1, 0.15) is 0 Å². The Morgan fingerprint density at radius 1 is 1.50 bits per heavy atom. The maximum Gasteiger partial charge on any atom is 0.269 e. The van der Waals surface area contributed by atoms with Gasteiger partial charge in [-0.1, -0.05) is 0 Å². The lowest BCUT2D eigenvalue weighted by molar-refractivity contribution is 0.0948. The molecule has 3 N–H and O–H groups in total. The van der Waals surface area contributed by atoms with E-state index in [0.717, 1.165) is 12.1 Å². The maximum absolute atomic E-state index is 11.7. The first-order valence-electron chi connectivity index (χ1n) is 5.18. The topological polar surface area (TPSA) is 98.2 Å². The summed E-state index contributed by atoms with van der Waals surface area (Å²) in [4.78, 5) is 22.9. The highest BCUT2D eigenvalue weighted by molar-refractivity contribution is 6.07. The van der Waals surface area contributed by atoms with Crippen molar-refractivity contribution in [3.05, 3.63) is 17.0 Å². The zero-order valence-electron chi connectivity index (χ0n) is 8.77. The van der Waals surface area contributed by atoms with Gasteiger partial charge in [0.05, 0.1) is 24.4 Å². The van der Waals surface area contributed by atoms with E-state index in [1.54, 1.807) is 0 Å². The van der Waals surface area contributed by atoms with Gasteiger partial charge in [-0.25, -0.2) is 0 Å². The molecule has 6 nitrogen and oxygen atoms in total. The fourth-order valence-corrected chi connectivity index (χ4v) is 2.04. The number of aliphatic hydroxyl groups is 1. The van der Waals surface area contributed by atoms with Crippen molar-refractivity contribution in [1.29, 1.82) is 0 Å². The normalized spacial score (nSPS) is 14.9. The molecule has 16 heavy (non-hydrogen) atoms. The number of primary amides is 1. The molecule has 1 heterocycles. The van der Waals surface area contributed by atoms with E-state index in [2.05, 4.69) is 5.10 Å². The zero-order chi connectivity index (χ0) is 11.7. The van der Waals surface area contributed by atoms with Crippen LogP contribution in [0, 0.1) is 0 Å². The van der Waals surface area contributed by atoms with Gasteiger partial charge in [-0.15, -0.1) is 0 Å². The number of aromatic nitrogens is 2. The van der Waals surface area contributed by atoms with Gasteiger partial charge in [0, 0.05) is 6.42 Å². The van der Waals surface area contributed by atoms with Crippen LogP contribution >= 0.6 is 0 Å². The van der Waals surface area contributed by atoms with Gasteiger partial charge in [0.2, 0.25) is 0 Å². The molecule has 1 amide bonds. The van der Waals surface area contributed by atoms with Crippen LogP contribution in [0.4, 0.5) is 0 Å². The van der Waals surface area contributed by atoms with Crippen LogP contribution in [0.15, 0.2) is 0 Å². The van der Waals surface area contributed by atoms with Crippen molar-refractivity contribution >= 4 is 11.7 Å². The third-order valence-corrected chi connectivity index (χ3v) is 2.70. The van der Waals surface area contributed by atoms with Gasteiger partial charge in [-0.2, -0.15) is 5.10 Å². The first kappa shape index (κ1) is 10.8. The van der Waals surface area contributed by atoms with E-state index in [0.29, 0.717) is 18.4 Å². The van der Waals surface area contributed by atoms with Gasteiger partial charge in [-0.3, -0.25) is 14.3 Å². The largest absolute Gasteiger partial charge is 0.394 e. The molecular weight excluding hydrogens is 210 g/mol. The van der Waals surface area contributed by atoms with Crippen molar-refractivity contribution in [3.63, 3.8) is 0 Å². The molecule has 0 aromatic carbocycles. The molecule has 0 atom stereocenters. The Hall–Kier alpha value is -1.69. The van der Waals surface area contributed by atoms with Gasteiger partial charge >= 0.3 is 0 Å². The van der Waals surface area contributed by atoms with E-state index < -0.39 is 5.91 Å². The van der Waals surface area contributed by atoms with E-state index in [9.17, 15) is 9.59 Å². The molecular formula is C10H13N3O3. The lowest BCUT2D eigenvalue weighted by atomic mass is 9.94. The molecule has 1 aliphatic carbocycles. The highest BCUT2D eigenvalue weighted by Crippen LogP contribution is 2.24. The SMILES string of the molecule is NC(=O)c1nn(CCO)c2c1C(=O)CCC2. The van der Waals surface area contributed by atoms with Crippen LogP contribution in [0.3, 0.4) is 0 Å². The second-order valence-electron chi connectivity index (χ2n) is 3.76. The van der Waals surface area contributed by atoms with Crippen molar-refractivity contribution in [2.75, 3.05) is 6.61 Å². The Bertz CT molecular complexity index is 450. The molecule has 1 aromatic rings. The number of nitrogens with zero attached hydrogens (tertiary/aromatic N) is 2. The minimum Gasteiger partial charge on any atom is -0.394 e. The summed E-state index contributed by atoms with van der Waals surface area (Å²) in [6.07, 6.45) is 1.88. The van der Waals surface area contributed by atoms with Gasteiger partial charge < -0.3 is 10.8 Å². The quantitative estimate of drug-likeness (QED) is 0.721. The number of aliphatic hydroxyl groups excluding tert-OH is 1. The molecule has 0 saturated heterocycles. The van der Waals surface area contributed by atoms with E-state index >= 15 is 0 Å². The number of rotatable bonds is 3. The van der Waals surface area contributed by atoms with Crippen LogP contribution in [-0.4, -0.2) is 33.2 Å². The zero-order valence-corrected chi connectivity index (χ0v) is 8.77. The van der Waals surface area contributed by atoms with Crippen LogP contribution < -0.4 is 5.73 Å². The summed E-state index contributed by atoms with van der Waals surface area (Å²) in [5.41, 5.74) is 6.29. The number of carbonyl (C=O) groups excluding carboxylic acids is 2. The Balaban J connectivity index is 2.55. The van der Waals surface area contributed by atoms with E-state index in [4.69, 9.17) is 10.8 Å². The second kappa shape index (κ2) is 4.05. The Morgan fingerprint density at radius 3 is 2.88 bits per heavy atom. The third-order valence-electron chi connectivity index (χ3n) is 2.70. The van der Waals surface area contributed by atoms with Crippen molar-refractivity contribution in [2.45, 2.75) is 25.8 Å². The first-order chi connectivity index (χ1) is 7.65. The Labute approximate surface area is 92.0 Å². The molecule has 0 bridgehead atoms. The molecule has 1 aromatic heterocycles. The van der Waals surface area contributed by atoms with Crippen LogP contribution in [0.1, 0.15) is 39.4 Å². The smallest absolute Gasteiger partial charge is 0.269 e. The molecule has 0 radical (unpaired) electrons. The molecule has 0 unspecified atom stereocenters. The van der Waals surface area contributed by atoms with Gasteiger partial charge in [-0.05, 0) is 12.8 Å². The summed E-state index contributed by atoms with van der Waals surface area (Å²) < 4.78 is 1.51. The van der Waals surface area contributed by atoms with Crippen molar-refractivity contribution < 1.29 is 14.7 Å². The summed E-state index contributed by atoms with van der Waals surface area (Å²) in [7, 11) is 0. The standard InChI is InChI=1S/C10H13N3O3/c11-10(16)9-8-6(2-1-3-7(8)15)13(12-9)4-5-14/h14H,1-5H2,(H2,11,16).